The van der Waals surface area contributed by atoms with Gasteiger partial charge in [0, 0.05) is 6.20 Å². The van der Waals surface area contributed by atoms with E-state index in [9.17, 15) is 4.39 Å². The van der Waals surface area contributed by atoms with Gasteiger partial charge in [0.1, 0.15) is 11.7 Å². The van der Waals surface area contributed by atoms with Crippen LogP contribution in [0.2, 0.25) is 0 Å². The first kappa shape index (κ1) is 11.8. The maximum Gasteiger partial charge on any atom is 0.197 e. The second kappa shape index (κ2) is 4.46. The van der Waals surface area contributed by atoms with Crippen molar-refractivity contribution in [1.82, 2.24) is 14.9 Å². The van der Waals surface area contributed by atoms with E-state index in [1.54, 1.807) is 12.3 Å². The van der Waals surface area contributed by atoms with Gasteiger partial charge in [-0.1, -0.05) is 0 Å². The van der Waals surface area contributed by atoms with Gasteiger partial charge < -0.3 is 10.6 Å². The predicted octanol–water partition coefficient (Wildman–Crippen LogP) is 1.42. The van der Waals surface area contributed by atoms with E-state index in [2.05, 4.69) is 15.0 Å². The van der Waals surface area contributed by atoms with Gasteiger partial charge in [-0.15, -0.1) is 0 Å². The van der Waals surface area contributed by atoms with E-state index in [-0.39, 0.29) is 11.9 Å². The fourth-order valence-corrected chi connectivity index (χ4v) is 2.35. The zero-order valence-corrected chi connectivity index (χ0v) is 10.5. The standard InChI is InChI=1S/C13H14FN5/c1-8-16-5-4-10(17-8)7-19-12-3-2-9(14)6-11(12)18-13(19)15/h2,4-6,12H,3,7H2,1H3,(H2,15,18). The van der Waals surface area contributed by atoms with Crippen molar-refractivity contribution in [3.63, 3.8) is 0 Å². The molecule has 0 radical (unpaired) electrons. The number of aromatic nitrogens is 2. The lowest BCUT2D eigenvalue weighted by molar-refractivity contribution is 0.346. The van der Waals surface area contributed by atoms with Crippen LogP contribution in [0.4, 0.5) is 4.39 Å². The van der Waals surface area contributed by atoms with Crippen molar-refractivity contribution < 1.29 is 4.39 Å². The fourth-order valence-electron chi connectivity index (χ4n) is 2.35. The Morgan fingerprint density at radius 1 is 1.53 bits per heavy atom. The van der Waals surface area contributed by atoms with E-state index < -0.39 is 0 Å². The van der Waals surface area contributed by atoms with Crippen LogP contribution in [0.25, 0.3) is 0 Å². The number of fused-ring (bicyclic) bond motifs is 1. The summed E-state index contributed by atoms with van der Waals surface area (Å²) >= 11 is 0. The third-order valence-electron chi connectivity index (χ3n) is 3.24. The molecule has 1 aromatic rings. The quantitative estimate of drug-likeness (QED) is 0.872. The van der Waals surface area contributed by atoms with Crippen molar-refractivity contribution in [2.45, 2.75) is 25.9 Å². The summed E-state index contributed by atoms with van der Waals surface area (Å²) in [6.07, 6.45) is 5.29. The van der Waals surface area contributed by atoms with Crippen molar-refractivity contribution in [2.24, 2.45) is 10.7 Å². The summed E-state index contributed by atoms with van der Waals surface area (Å²) in [6.45, 7) is 2.39. The summed E-state index contributed by atoms with van der Waals surface area (Å²) in [7, 11) is 0. The highest BCUT2D eigenvalue weighted by atomic mass is 19.1. The van der Waals surface area contributed by atoms with Crippen LogP contribution in [0, 0.1) is 6.92 Å². The Bertz CT molecular complexity index is 605. The molecule has 19 heavy (non-hydrogen) atoms. The molecule has 2 heterocycles. The lowest BCUT2D eigenvalue weighted by Gasteiger charge is -2.26. The number of rotatable bonds is 2. The van der Waals surface area contributed by atoms with Crippen molar-refractivity contribution in [2.75, 3.05) is 0 Å². The number of allylic oxidation sites excluding steroid dienone is 2. The maximum atomic E-state index is 13.2. The third kappa shape index (κ3) is 2.21. The molecule has 1 atom stereocenters. The number of nitrogens with zero attached hydrogens (tertiary/aromatic N) is 4. The topological polar surface area (TPSA) is 67.4 Å². The lowest BCUT2D eigenvalue weighted by atomic mass is 10.0. The van der Waals surface area contributed by atoms with Crippen LogP contribution in [0.15, 0.2) is 40.9 Å². The molecule has 2 aliphatic rings. The van der Waals surface area contributed by atoms with E-state index in [0.29, 0.717) is 24.6 Å². The summed E-state index contributed by atoms with van der Waals surface area (Å²) < 4.78 is 13.2. The van der Waals surface area contributed by atoms with Crippen molar-refractivity contribution in [3.05, 3.63) is 47.5 Å². The minimum Gasteiger partial charge on any atom is -0.369 e. The zero-order valence-electron chi connectivity index (χ0n) is 10.5. The molecule has 5 nitrogen and oxygen atoms in total. The molecule has 2 N–H and O–H groups in total. The van der Waals surface area contributed by atoms with Gasteiger partial charge in [-0.3, -0.25) is 0 Å². The Hall–Kier alpha value is -2.24. The molecule has 98 valence electrons. The van der Waals surface area contributed by atoms with Crippen LogP contribution in [0.3, 0.4) is 0 Å². The Balaban J connectivity index is 1.83. The van der Waals surface area contributed by atoms with Crippen LogP contribution in [-0.2, 0) is 6.54 Å². The highest BCUT2D eigenvalue weighted by Crippen LogP contribution is 2.29. The molecule has 1 aliphatic heterocycles. The van der Waals surface area contributed by atoms with Gasteiger partial charge in [-0.2, -0.15) is 0 Å². The first-order valence-electron chi connectivity index (χ1n) is 6.10. The molecule has 0 fully saturated rings. The molecule has 0 saturated carbocycles. The number of hydrogen-bond acceptors (Lipinski definition) is 5. The molecule has 0 amide bonds. The first-order valence-corrected chi connectivity index (χ1v) is 6.10. The van der Waals surface area contributed by atoms with Gasteiger partial charge in [0.2, 0.25) is 0 Å². The number of nitrogens with two attached hydrogens (primary N) is 1. The Kier molecular flexibility index (Phi) is 2.77. The molecule has 3 rings (SSSR count). The second-order valence-electron chi connectivity index (χ2n) is 4.60. The highest BCUT2D eigenvalue weighted by molar-refractivity contribution is 5.83. The van der Waals surface area contributed by atoms with Gasteiger partial charge in [0.15, 0.2) is 5.96 Å². The fraction of sp³-hybridized carbons (Fsp3) is 0.308. The summed E-state index contributed by atoms with van der Waals surface area (Å²) in [5, 5.41) is 0. The third-order valence-corrected chi connectivity index (χ3v) is 3.24. The number of aliphatic imine (C=N–C) groups is 1. The minimum absolute atomic E-state index is 0.00905. The molecular formula is C13H14FN5. The molecule has 1 aliphatic carbocycles. The van der Waals surface area contributed by atoms with Crippen LogP contribution in [-0.4, -0.2) is 26.9 Å². The van der Waals surface area contributed by atoms with Gasteiger partial charge >= 0.3 is 0 Å². The van der Waals surface area contributed by atoms with Crippen molar-refractivity contribution in [3.8, 4) is 0 Å². The molecule has 0 aromatic carbocycles. The van der Waals surface area contributed by atoms with Crippen molar-refractivity contribution >= 4 is 5.96 Å². The van der Waals surface area contributed by atoms with E-state index >= 15 is 0 Å². The van der Waals surface area contributed by atoms with Crippen molar-refractivity contribution in [1.29, 1.82) is 0 Å². The normalized spacial score (nSPS) is 21.7. The largest absolute Gasteiger partial charge is 0.369 e. The monoisotopic (exact) mass is 259 g/mol. The SMILES string of the molecule is Cc1nccc(CN2C(N)=NC3=CC(F)=CCC32)n1. The van der Waals surface area contributed by atoms with Gasteiger partial charge in [-0.25, -0.2) is 19.4 Å². The average molecular weight is 259 g/mol. The van der Waals surface area contributed by atoms with Crippen LogP contribution in [0.1, 0.15) is 17.9 Å². The predicted molar refractivity (Wildman–Crippen MR) is 69.6 cm³/mol. The van der Waals surface area contributed by atoms with Crippen LogP contribution >= 0.6 is 0 Å². The molecule has 1 unspecified atom stereocenters. The van der Waals surface area contributed by atoms with Crippen LogP contribution in [0.5, 0.6) is 0 Å². The van der Waals surface area contributed by atoms with Crippen LogP contribution < -0.4 is 5.73 Å². The molecular weight excluding hydrogens is 245 g/mol. The van der Waals surface area contributed by atoms with Gasteiger partial charge in [-0.05, 0) is 31.6 Å². The summed E-state index contributed by atoms with van der Waals surface area (Å²) in [4.78, 5) is 14.6. The maximum absolute atomic E-state index is 13.2. The number of halogens is 1. The van der Waals surface area contributed by atoms with E-state index in [4.69, 9.17) is 5.73 Å². The molecule has 1 aromatic heterocycles. The molecule has 0 saturated heterocycles. The van der Waals surface area contributed by atoms with E-state index in [1.807, 2.05) is 17.9 Å². The number of hydrogen-bond donors (Lipinski definition) is 1. The number of aryl methyl sites for hydroxylation is 1. The minimum atomic E-state index is -0.248. The Morgan fingerprint density at radius 3 is 3.16 bits per heavy atom. The van der Waals surface area contributed by atoms with Gasteiger partial charge in [0.25, 0.3) is 0 Å². The summed E-state index contributed by atoms with van der Waals surface area (Å²) in [5.41, 5.74) is 7.48. The summed E-state index contributed by atoms with van der Waals surface area (Å²) in [5.74, 6) is 0.885. The highest BCUT2D eigenvalue weighted by Gasteiger charge is 2.32. The molecule has 0 bridgehead atoms. The Morgan fingerprint density at radius 2 is 2.37 bits per heavy atom. The van der Waals surface area contributed by atoms with E-state index in [1.165, 1.54) is 6.08 Å². The zero-order chi connectivity index (χ0) is 13.4. The smallest absolute Gasteiger partial charge is 0.197 e. The summed E-state index contributed by atoms with van der Waals surface area (Å²) in [6, 6.07) is 1.86. The number of guanidine groups is 1. The lowest BCUT2D eigenvalue weighted by Crippen LogP contribution is -2.40. The molecule has 6 heteroatoms. The second-order valence-corrected chi connectivity index (χ2v) is 4.60. The van der Waals surface area contributed by atoms with Gasteiger partial charge in [0.05, 0.1) is 24.0 Å². The van der Waals surface area contributed by atoms with E-state index in [0.717, 1.165) is 11.5 Å². The first-order chi connectivity index (χ1) is 9.13. The average Bonchev–Trinajstić information content (AvgIpc) is 2.65. The Labute approximate surface area is 110 Å². The molecule has 0 spiro atoms.